The van der Waals surface area contributed by atoms with Gasteiger partial charge < -0.3 is 10.5 Å². The molecule has 3 heteroatoms. The molecule has 0 saturated heterocycles. The molecule has 2 unspecified atom stereocenters. The molecule has 150 valence electrons. The molecule has 3 N–H and O–H groups in total. The van der Waals surface area contributed by atoms with Gasteiger partial charge in [0.1, 0.15) is 12.5 Å². The third-order valence-corrected chi connectivity index (χ3v) is 4.71. The molecule has 3 nitrogen and oxygen atoms in total. The first-order valence-electron chi connectivity index (χ1n) is 9.84. The molecule has 0 fully saturated rings. The van der Waals surface area contributed by atoms with Crippen molar-refractivity contribution in [3.8, 4) is 0 Å². The Labute approximate surface area is 170 Å². The fraction of sp³-hybridized carbons (Fsp3) is 0.360. The van der Waals surface area contributed by atoms with Crippen LogP contribution in [0.4, 0.5) is 0 Å². The first-order chi connectivity index (χ1) is 13.2. The van der Waals surface area contributed by atoms with Gasteiger partial charge in [-0.2, -0.15) is 0 Å². The third-order valence-electron chi connectivity index (χ3n) is 4.71. The number of ether oxygens (including phenoxy) is 1. The molecule has 0 saturated carbocycles. The fourth-order valence-electron chi connectivity index (χ4n) is 3.05. The van der Waals surface area contributed by atoms with Crippen molar-refractivity contribution < 1.29 is 4.74 Å². The lowest BCUT2D eigenvalue weighted by molar-refractivity contribution is -0.0269. The van der Waals surface area contributed by atoms with Crippen LogP contribution in [0.15, 0.2) is 66.3 Å². The van der Waals surface area contributed by atoms with Gasteiger partial charge in [-0.05, 0) is 48.6 Å². The molecule has 2 atom stereocenters. The minimum absolute atomic E-state index is 0.131. The summed E-state index contributed by atoms with van der Waals surface area (Å²) in [7, 11) is 1.88. The SMILES string of the molecule is C/C=C\C(C)=C/c1ccc(C(N)OC(NC)c2ccc(C(C)(C)C)cc2)cc1. The molecular weight excluding hydrogens is 344 g/mol. The van der Waals surface area contributed by atoms with Gasteiger partial charge in [0.05, 0.1) is 0 Å². The standard InChI is InChI=1S/C25H34N2O/c1-7-8-18(2)17-19-9-11-20(12-10-19)23(26)28-24(27-6)21-13-15-22(16-14-21)25(3,4)5/h7-17,23-24,27H,26H2,1-6H3/b8-7-,18-17-. The smallest absolute Gasteiger partial charge is 0.136 e. The molecule has 2 aromatic rings. The Bertz CT molecular complexity index is 796. The van der Waals surface area contributed by atoms with Crippen LogP contribution in [0.3, 0.4) is 0 Å². The fourth-order valence-corrected chi connectivity index (χ4v) is 3.05. The maximum absolute atomic E-state index is 6.32. The van der Waals surface area contributed by atoms with E-state index in [9.17, 15) is 0 Å². The second-order valence-electron chi connectivity index (χ2n) is 8.15. The summed E-state index contributed by atoms with van der Waals surface area (Å²) in [6, 6.07) is 16.7. The van der Waals surface area contributed by atoms with E-state index in [-0.39, 0.29) is 11.6 Å². The number of allylic oxidation sites excluding steroid dienone is 3. The van der Waals surface area contributed by atoms with Crippen molar-refractivity contribution >= 4 is 6.08 Å². The van der Waals surface area contributed by atoms with E-state index >= 15 is 0 Å². The molecule has 0 heterocycles. The zero-order chi connectivity index (χ0) is 20.7. The van der Waals surface area contributed by atoms with Crippen LogP contribution in [-0.2, 0) is 10.2 Å². The maximum Gasteiger partial charge on any atom is 0.136 e. The Balaban J connectivity index is 2.09. The average molecular weight is 379 g/mol. The molecule has 0 aromatic heterocycles. The average Bonchev–Trinajstić information content (AvgIpc) is 2.66. The predicted molar refractivity (Wildman–Crippen MR) is 120 cm³/mol. The van der Waals surface area contributed by atoms with Crippen molar-refractivity contribution in [2.75, 3.05) is 7.05 Å². The summed E-state index contributed by atoms with van der Waals surface area (Å²) in [4.78, 5) is 0. The molecule has 0 amide bonds. The van der Waals surface area contributed by atoms with Crippen molar-refractivity contribution in [2.24, 2.45) is 5.73 Å². The highest BCUT2D eigenvalue weighted by Gasteiger charge is 2.18. The number of hydrogen-bond acceptors (Lipinski definition) is 3. The van der Waals surface area contributed by atoms with Gasteiger partial charge in [0.2, 0.25) is 0 Å². The maximum atomic E-state index is 6.32. The van der Waals surface area contributed by atoms with Crippen LogP contribution in [0.25, 0.3) is 6.08 Å². The summed E-state index contributed by atoms with van der Waals surface area (Å²) >= 11 is 0. The first-order valence-corrected chi connectivity index (χ1v) is 9.84. The van der Waals surface area contributed by atoms with Crippen LogP contribution in [0.5, 0.6) is 0 Å². The quantitative estimate of drug-likeness (QED) is 0.469. The Morgan fingerprint density at radius 3 is 2.07 bits per heavy atom. The summed E-state index contributed by atoms with van der Waals surface area (Å²) in [6.45, 7) is 10.7. The van der Waals surface area contributed by atoms with E-state index in [2.05, 4.69) is 81.6 Å². The van der Waals surface area contributed by atoms with Gasteiger partial charge in [0.25, 0.3) is 0 Å². The molecule has 0 aliphatic heterocycles. The first kappa shape index (κ1) is 22.1. The largest absolute Gasteiger partial charge is 0.337 e. The molecular formula is C25H34N2O. The Kier molecular flexibility index (Phi) is 7.76. The molecule has 2 aromatic carbocycles. The van der Waals surface area contributed by atoms with Crippen LogP contribution in [0.1, 0.15) is 69.3 Å². The number of hydrogen-bond donors (Lipinski definition) is 2. The van der Waals surface area contributed by atoms with E-state index < -0.39 is 6.23 Å². The Morgan fingerprint density at radius 2 is 1.57 bits per heavy atom. The summed E-state index contributed by atoms with van der Waals surface area (Å²) in [5.74, 6) is 0. The lowest BCUT2D eigenvalue weighted by Gasteiger charge is -2.24. The molecule has 0 aliphatic carbocycles. The van der Waals surface area contributed by atoms with Crippen molar-refractivity contribution in [1.29, 1.82) is 0 Å². The van der Waals surface area contributed by atoms with Crippen molar-refractivity contribution in [3.63, 3.8) is 0 Å². The van der Waals surface area contributed by atoms with Crippen LogP contribution in [0.2, 0.25) is 0 Å². The normalized spacial score (nSPS) is 15.0. The number of benzene rings is 2. The molecule has 28 heavy (non-hydrogen) atoms. The number of rotatable bonds is 7. The lowest BCUT2D eigenvalue weighted by atomic mass is 9.86. The topological polar surface area (TPSA) is 47.3 Å². The minimum atomic E-state index is -0.505. The summed E-state index contributed by atoms with van der Waals surface area (Å²) in [5, 5.41) is 3.21. The second kappa shape index (κ2) is 9.83. The van der Waals surface area contributed by atoms with Crippen LogP contribution >= 0.6 is 0 Å². The van der Waals surface area contributed by atoms with E-state index in [0.29, 0.717) is 0 Å². The summed E-state index contributed by atoms with van der Waals surface area (Å²) < 4.78 is 6.10. The molecule has 2 rings (SSSR count). The van der Waals surface area contributed by atoms with E-state index in [1.54, 1.807) is 0 Å². The van der Waals surface area contributed by atoms with E-state index in [0.717, 1.165) is 16.7 Å². The van der Waals surface area contributed by atoms with E-state index in [4.69, 9.17) is 10.5 Å². The minimum Gasteiger partial charge on any atom is -0.337 e. The molecule has 0 spiro atoms. The summed E-state index contributed by atoms with van der Waals surface area (Å²) in [6.07, 6.45) is 5.50. The zero-order valence-corrected chi connectivity index (χ0v) is 18.0. The van der Waals surface area contributed by atoms with Crippen molar-refractivity contribution in [3.05, 3.63) is 88.5 Å². The highest BCUT2D eigenvalue weighted by atomic mass is 16.5. The van der Waals surface area contributed by atoms with Gasteiger partial charge in [0.15, 0.2) is 0 Å². The van der Waals surface area contributed by atoms with Gasteiger partial charge in [-0.25, -0.2) is 0 Å². The van der Waals surface area contributed by atoms with Gasteiger partial charge >= 0.3 is 0 Å². The van der Waals surface area contributed by atoms with Crippen molar-refractivity contribution in [2.45, 2.75) is 52.5 Å². The highest BCUT2D eigenvalue weighted by molar-refractivity contribution is 5.55. The predicted octanol–water partition coefficient (Wildman–Crippen LogP) is 5.86. The van der Waals surface area contributed by atoms with E-state index in [1.165, 1.54) is 11.1 Å². The number of nitrogens with one attached hydrogen (secondary N) is 1. The zero-order valence-electron chi connectivity index (χ0n) is 18.0. The van der Waals surface area contributed by atoms with E-state index in [1.807, 2.05) is 32.2 Å². The highest BCUT2D eigenvalue weighted by Crippen LogP contribution is 2.26. The Hall–Kier alpha value is -2.20. The van der Waals surface area contributed by atoms with Gasteiger partial charge in [-0.3, -0.25) is 5.32 Å². The lowest BCUT2D eigenvalue weighted by Crippen LogP contribution is -2.26. The molecule has 0 bridgehead atoms. The van der Waals surface area contributed by atoms with Crippen LogP contribution < -0.4 is 11.1 Å². The monoisotopic (exact) mass is 378 g/mol. The number of nitrogens with two attached hydrogens (primary N) is 1. The summed E-state index contributed by atoms with van der Waals surface area (Å²) in [5.41, 5.74) is 12.1. The Morgan fingerprint density at radius 1 is 1.00 bits per heavy atom. The van der Waals surface area contributed by atoms with Gasteiger partial charge in [0, 0.05) is 0 Å². The second-order valence-corrected chi connectivity index (χ2v) is 8.15. The molecule has 0 aliphatic rings. The van der Waals surface area contributed by atoms with Gasteiger partial charge in [-0.15, -0.1) is 0 Å². The van der Waals surface area contributed by atoms with Crippen LogP contribution in [0, 0.1) is 0 Å². The van der Waals surface area contributed by atoms with Gasteiger partial charge in [-0.1, -0.05) is 93.1 Å². The molecule has 0 radical (unpaired) electrons. The van der Waals surface area contributed by atoms with Crippen LogP contribution in [-0.4, -0.2) is 7.05 Å². The van der Waals surface area contributed by atoms with Crippen molar-refractivity contribution in [1.82, 2.24) is 5.32 Å². The third kappa shape index (κ3) is 6.16.